The van der Waals surface area contributed by atoms with Crippen LogP contribution in [-0.4, -0.2) is 53.9 Å². The van der Waals surface area contributed by atoms with Gasteiger partial charge >= 0.3 is 0 Å². The van der Waals surface area contributed by atoms with E-state index in [1.54, 1.807) is 4.90 Å². The molecule has 0 radical (unpaired) electrons. The second-order valence-corrected chi connectivity index (χ2v) is 6.54. The van der Waals surface area contributed by atoms with Crippen LogP contribution in [0.4, 0.5) is 0 Å². The molecule has 0 aromatic rings. The van der Waals surface area contributed by atoms with Gasteiger partial charge in [-0.15, -0.1) is 0 Å². The maximum Gasteiger partial charge on any atom is 0.236 e. The molecule has 1 rings (SSSR count). The molecule has 1 saturated heterocycles. The minimum atomic E-state index is 0.168. The minimum Gasteiger partial charge on any atom is -0.393 e. The number of hydrogen-bond donors (Lipinski definition) is 1. The third kappa shape index (κ3) is 5.02. The fourth-order valence-corrected chi connectivity index (χ4v) is 2.95. The largest absolute Gasteiger partial charge is 0.393 e. The number of likely N-dealkylation sites (tertiary alicyclic amines) is 1. The molecule has 1 aliphatic rings. The molecule has 20 heavy (non-hydrogen) atoms. The number of carbonyl (C=O) groups is 1. The molecule has 0 atom stereocenters. The van der Waals surface area contributed by atoms with Gasteiger partial charge in [0.1, 0.15) is 0 Å². The van der Waals surface area contributed by atoms with Crippen LogP contribution >= 0.6 is 12.2 Å². The molecule has 0 spiro atoms. The summed E-state index contributed by atoms with van der Waals surface area (Å²) in [4.78, 5) is 16.6. The van der Waals surface area contributed by atoms with Crippen molar-refractivity contribution in [2.75, 3.05) is 33.2 Å². The van der Waals surface area contributed by atoms with Gasteiger partial charge in [0.25, 0.3) is 0 Å². The highest BCUT2D eigenvalue weighted by Crippen LogP contribution is 2.37. The van der Waals surface area contributed by atoms with Crippen molar-refractivity contribution in [3.8, 4) is 0 Å². The molecular weight excluding hydrogens is 270 g/mol. The minimum absolute atomic E-state index is 0.168. The maximum absolute atomic E-state index is 12.1. The van der Waals surface area contributed by atoms with Crippen LogP contribution in [0.2, 0.25) is 0 Å². The first-order chi connectivity index (χ1) is 9.42. The molecule has 2 N–H and O–H groups in total. The van der Waals surface area contributed by atoms with Crippen LogP contribution in [0.3, 0.4) is 0 Å². The predicted molar refractivity (Wildman–Crippen MR) is 87.7 cm³/mol. The van der Waals surface area contributed by atoms with Gasteiger partial charge in [-0.2, -0.15) is 0 Å². The van der Waals surface area contributed by atoms with E-state index in [2.05, 4.69) is 18.7 Å². The average Bonchev–Trinajstić information content (AvgIpc) is 2.45. The zero-order valence-corrected chi connectivity index (χ0v) is 14.0. The first kappa shape index (κ1) is 17.4. The molecular formula is C15H29N3OS. The van der Waals surface area contributed by atoms with E-state index in [0.717, 1.165) is 13.1 Å². The third-order valence-corrected chi connectivity index (χ3v) is 5.10. The van der Waals surface area contributed by atoms with Crippen molar-refractivity contribution in [2.24, 2.45) is 11.1 Å². The number of thiocarbonyl (C=S) groups is 1. The van der Waals surface area contributed by atoms with Crippen molar-refractivity contribution in [2.45, 2.75) is 46.0 Å². The zero-order valence-electron chi connectivity index (χ0n) is 13.2. The molecule has 1 fully saturated rings. The van der Waals surface area contributed by atoms with Crippen molar-refractivity contribution in [3.05, 3.63) is 0 Å². The van der Waals surface area contributed by atoms with E-state index in [-0.39, 0.29) is 5.91 Å². The second kappa shape index (κ2) is 7.93. The van der Waals surface area contributed by atoms with E-state index in [9.17, 15) is 4.79 Å². The van der Waals surface area contributed by atoms with Gasteiger partial charge in [0.05, 0.1) is 11.5 Å². The quantitative estimate of drug-likeness (QED) is 0.731. The lowest BCUT2D eigenvalue weighted by molar-refractivity contribution is -0.131. The molecule has 0 aliphatic carbocycles. The highest BCUT2D eigenvalue weighted by molar-refractivity contribution is 7.80. The van der Waals surface area contributed by atoms with E-state index in [1.165, 1.54) is 25.7 Å². The van der Waals surface area contributed by atoms with Gasteiger partial charge in [0.15, 0.2) is 0 Å². The van der Waals surface area contributed by atoms with Crippen LogP contribution in [0.25, 0.3) is 0 Å². The lowest BCUT2D eigenvalue weighted by Gasteiger charge is -2.41. The van der Waals surface area contributed by atoms with Crippen molar-refractivity contribution in [1.29, 1.82) is 0 Å². The van der Waals surface area contributed by atoms with E-state index >= 15 is 0 Å². The zero-order chi connectivity index (χ0) is 15.2. The third-order valence-electron chi connectivity index (χ3n) is 4.89. The number of carbonyl (C=O) groups excluding carboxylic acids is 1. The van der Waals surface area contributed by atoms with Crippen LogP contribution in [0.5, 0.6) is 0 Å². The fourth-order valence-electron chi connectivity index (χ4n) is 2.86. The molecule has 0 saturated carbocycles. The standard InChI is InChI=1S/C15H29N3OS/c1-4-15(5-2)7-10-18(11-8-15)12-14(19)17(3)9-6-13(16)20/h4-12H2,1-3H3,(H2,16,20). The Balaban J connectivity index is 2.36. The molecule has 0 bridgehead atoms. The fraction of sp³-hybridized carbons (Fsp3) is 0.867. The Labute approximate surface area is 128 Å². The van der Waals surface area contributed by atoms with Gasteiger partial charge < -0.3 is 10.6 Å². The van der Waals surface area contributed by atoms with E-state index < -0.39 is 0 Å². The summed E-state index contributed by atoms with van der Waals surface area (Å²) in [6.45, 7) is 7.79. The Hall–Kier alpha value is -0.680. The molecule has 0 aromatic carbocycles. The number of piperidine rings is 1. The van der Waals surface area contributed by atoms with Crippen LogP contribution < -0.4 is 5.73 Å². The first-order valence-corrected chi connectivity index (χ1v) is 8.08. The molecule has 0 aromatic heterocycles. The van der Waals surface area contributed by atoms with Gasteiger partial charge in [-0.1, -0.05) is 38.9 Å². The van der Waals surface area contributed by atoms with Gasteiger partial charge in [-0.25, -0.2) is 0 Å². The SMILES string of the molecule is CCC1(CC)CCN(CC(=O)N(C)CCC(N)=S)CC1. The number of rotatable bonds is 7. The van der Waals surface area contributed by atoms with Crippen LogP contribution in [0, 0.1) is 5.41 Å². The van der Waals surface area contributed by atoms with Crippen LogP contribution in [-0.2, 0) is 4.79 Å². The van der Waals surface area contributed by atoms with Gasteiger partial charge in [0.2, 0.25) is 5.91 Å². The van der Waals surface area contributed by atoms with E-state index in [0.29, 0.717) is 29.9 Å². The van der Waals surface area contributed by atoms with E-state index in [4.69, 9.17) is 18.0 Å². The summed E-state index contributed by atoms with van der Waals surface area (Å²) in [7, 11) is 1.83. The van der Waals surface area contributed by atoms with Gasteiger partial charge in [0, 0.05) is 20.0 Å². The molecule has 116 valence electrons. The Kier molecular flexibility index (Phi) is 6.89. The lowest BCUT2D eigenvalue weighted by atomic mass is 9.74. The molecule has 1 amide bonds. The Morgan fingerprint density at radius 2 is 1.85 bits per heavy atom. The highest BCUT2D eigenvalue weighted by Gasteiger charge is 2.31. The Bertz CT molecular complexity index is 332. The van der Waals surface area contributed by atoms with Crippen molar-refractivity contribution >= 4 is 23.1 Å². The lowest BCUT2D eigenvalue weighted by Crippen LogP contribution is -2.45. The van der Waals surface area contributed by atoms with Gasteiger partial charge in [-0.3, -0.25) is 9.69 Å². The topological polar surface area (TPSA) is 49.6 Å². The Morgan fingerprint density at radius 1 is 1.30 bits per heavy atom. The van der Waals surface area contributed by atoms with Crippen LogP contribution in [0.15, 0.2) is 0 Å². The van der Waals surface area contributed by atoms with E-state index in [1.807, 2.05) is 7.05 Å². The normalized spacial score (nSPS) is 18.8. The van der Waals surface area contributed by atoms with Crippen molar-refractivity contribution < 1.29 is 4.79 Å². The average molecular weight is 299 g/mol. The summed E-state index contributed by atoms with van der Waals surface area (Å²) in [6, 6.07) is 0. The highest BCUT2D eigenvalue weighted by atomic mass is 32.1. The number of nitrogens with two attached hydrogens (primary N) is 1. The summed E-state index contributed by atoms with van der Waals surface area (Å²) in [6.07, 6.45) is 5.53. The monoisotopic (exact) mass is 299 g/mol. The van der Waals surface area contributed by atoms with Crippen molar-refractivity contribution in [3.63, 3.8) is 0 Å². The summed E-state index contributed by atoms with van der Waals surface area (Å²) in [5.74, 6) is 0.168. The smallest absolute Gasteiger partial charge is 0.236 e. The van der Waals surface area contributed by atoms with Crippen LogP contribution in [0.1, 0.15) is 46.0 Å². The number of nitrogens with zero attached hydrogens (tertiary/aromatic N) is 2. The molecule has 1 heterocycles. The predicted octanol–water partition coefficient (Wildman–Crippen LogP) is 2.02. The number of amides is 1. The second-order valence-electron chi connectivity index (χ2n) is 6.01. The Morgan fingerprint density at radius 3 is 2.30 bits per heavy atom. The molecule has 0 unspecified atom stereocenters. The number of likely N-dealkylation sites (N-methyl/N-ethyl adjacent to an activating group) is 1. The number of hydrogen-bond acceptors (Lipinski definition) is 3. The molecule has 4 nitrogen and oxygen atoms in total. The molecule has 5 heteroatoms. The first-order valence-electron chi connectivity index (χ1n) is 7.67. The van der Waals surface area contributed by atoms with Gasteiger partial charge in [-0.05, 0) is 31.3 Å². The maximum atomic E-state index is 12.1. The summed E-state index contributed by atoms with van der Waals surface area (Å²) in [5.41, 5.74) is 5.98. The molecule has 1 aliphatic heterocycles. The summed E-state index contributed by atoms with van der Waals surface area (Å²) < 4.78 is 0. The van der Waals surface area contributed by atoms with Crippen molar-refractivity contribution in [1.82, 2.24) is 9.80 Å². The summed E-state index contributed by atoms with van der Waals surface area (Å²) >= 11 is 4.84. The summed E-state index contributed by atoms with van der Waals surface area (Å²) in [5, 5.41) is 0.